The lowest BCUT2D eigenvalue weighted by Crippen LogP contribution is -2.46. The standard InChI is InChI=1S/C38H26Br4/c39-29-17-9-25(10-18-29)37(26-11-19-30(40)20-12-26)33-5-1-2-6-34(33)38(27-13-21-31(41)22-14-27,28-15-23-32(42)24-16-28)36-8-4-3-7-35(36)37/h1-3,5-7,9-24H,4,8H2. The van der Waals surface area contributed by atoms with Crippen LogP contribution < -0.4 is 0 Å². The van der Waals surface area contributed by atoms with Crippen molar-refractivity contribution < 1.29 is 0 Å². The molecule has 0 fully saturated rings. The number of hydrogen-bond acceptors (Lipinski definition) is 0. The second-order valence-corrected chi connectivity index (χ2v) is 14.6. The summed E-state index contributed by atoms with van der Waals surface area (Å²) in [5.41, 5.74) is 9.61. The normalized spacial score (nSPS) is 16.6. The fourth-order valence-electron chi connectivity index (χ4n) is 7.26. The number of fused-ring (bicyclic) bond motifs is 1. The predicted octanol–water partition coefficient (Wildman–Crippen LogP) is 12.1. The fourth-order valence-corrected chi connectivity index (χ4v) is 8.32. The minimum absolute atomic E-state index is 0.452. The Morgan fingerprint density at radius 3 is 1.19 bits per heavy atom. The minimum atomic E-state index is -0.488. The van der Waals surface area contributed by atoms with Gasteiger partial charge in [-0.25, -0.2) is 0 Å². The molecule has 2 aliphatic carbocycles. The van der Waals surface area contributed by atoms with Crippen molar-refractivity contribution in [2.75, 3.05) is 0 Å². The molecule has 0 radical (unpaired) electrons. The zero-order valence-corrected chi connectivity index (χ0v) is 29.0. The first-order valence-corrected chi connectivity index (χ1v) is 17.2. The predicted molar refractivity (Wildman–Crippen MR) is 188 cm³/mol. The summed E-state index contributed by atoms with van der Waals surface area (Å²) in [5, 5.41) is 0. The molecule has 0 amide bonds. The molecule has 5 aromatic carbocycles. The van der Waals surface area contributed by atoms with Crippen molar-refractivity contribution in [3.8, 4) is 0 Å². The van der Waals surface area contributed by atoms with E-state index in [2.05, 4.69) is 197 Å². The van der Waals surface area contributed by atoms with Gasteiger partial charge in [-0.3, -0.25) is 0 Å². The van der Waals surface area contributed by atoms with Gasteiger partial charge in [-0.2, -0.15) is 0 Å². The number of allylic oxidation sites excluding steroid dienone is 4. The van der Waals surface area contributed by atoms with Gasteiger partial charge in [0.05, 0.1) is 10.8 Å². The van der Waals surface area contributed by atoms with Gasteiger partial charge >= 0.3 is 0 Å². The molecular formula is C38H26Br4. The zero-order valence-electron chi connectivity index (χ0n) is 22.6. The van der Waals surface area contributed by atoms with E-state index in [1.165, 1.54) is 44.5 Å². The molecule has 0 saturated heterocycles. The van der Waals surface area contributed by atoms with Crippen LogP contribution in [0.5, 0.6) is 0 Å². The molecule has 206 valence electrons. The van der Waals surface area contributed by atoms with Crippen molar-refractivity contribution in [2.24, 2.45) is 0 Å². The second-order valence-electron chi connectivity index (χ2n) is 10.9. The highest BCUT2D eigenvalue weighted by atomic mass is 79.9. The SMILES string of the molecule is Brc1ccc(C2(c3ccc(Br)cc3)C3=C(CCC=C3)C(c3ccc(Br)cc3)(c3ccc(Br)cc3)c3ccccc32)cc1. The molecule has 0 unspecified atom stereocenters. The molecule has 5 aromatic rings. The number of benzene rings is 5. The molecule has 0 saturated carbocycles. The molecule has 0 spiro atoms. The Morgan fingerprint density at radius 2 is 0.786 bits per heavy atom. The van der Waals surface area contributed by atoms with Gasteiger partial charge in [0.2, 0.25) is 0 Å². The van der Waals surface area contributed by atoms with Crippen molar-refractivity contribution in [1.82, 2.24) is 0 Å². The Bertz CT molecular complexity index is 1740. The van der Waals surface area contributed by atoms with E-state index < -0.39 is 10.8 Å². The maximum atomic E-state index is 3.71. The van der Waals surface area contributed by atoms with E-state index in [0.29, 0.717) is 0 Å². The third-order valence-electron chi connectivity index (χ3n) is 8.87. The van der Waals surface area contributed by atoms with Crippen LogP contribution >= 0.6 is 63.7 Å². The Hall–Kier alpha value is -2.50. The Kier molecular flexibility index (Phi) is 7.55. The van der Waals surface area contributed by atoms with Crippen LogP contribution in [0.4, 0.5) is 0 Å². The van der Waals surface area contributed by atoms with Gasteiger partial charge in [0.15, 0.2) is 0 Å². The Morgan fingerprint density at radius 1 is 0.429 bits per heavy atom. The Balaban J connectivity index is 1.70. The fraction of sp³-hybridized carbons (Fsp3) is 0.105. The van der Waals surface area contributed by atoms with Crippen LogP contribution in [-0.2, 0) is 10.8 Å². The van der Waals surface area contributed by atoms with Crippen molar-refractivity contribution in [3.63, 3.8) is 0 Å². The third-order valence-corrected chi connectivity index (χ3v) is 11.0. The molecule has 7 rings (SSSR count). The van der Waals surface area contributed by atoms with Crippen molar-refractivity contribution >= 4 is 63.7 Å². The Labute approximate surface area is 281 Å². The van der Waals surface area contributed by atoms with Gasteiger partial charge in [-0.15, -0.1) is 0 Å². The minimum Gasteiger partial charge on any atom is -0.0839 e. The van der Waals surface area contributed by atoms with E-state index in [4.69, 9.17) is 0 Å². The zero-order chi connectivity index (χ0) is 28.9. The van der Waals surface area contributed by atoms with Crippen LogP contribution in [0.15, 0.2) is 163 Å². The van der Waals surface area contributed by atoms with Crippen LogP contribution in [0.1, 0.15) is 46.2 Å². The van der Waals surface area contributed by atoms with E-state index in [-0.39, 0.29) is 0 Å². The number of hydrogen-bond donors (Lipinski definition) is 0. The van der Waals surface area contributed by atoms with Gasteiger partial charge in [0.1, 0.15) is 0 Å². The molecule has 42 heavy (non-hydrogen) atoms. The van der Waals surface area contributed by atoms with Crippen LogP contribution in [0, 0.1) is 0 Å². The highest BCUT2D eigenvalue weighted by molar-refractivity contribution is 9.11. The van der Waals surface area contributed by atoms with Crippen LogP contribution in [0.3, 0.4) is 0 Å². The lowest BCUT2D eigenvalue weighted by Gasteiger charge is -2.52. The summed E-state index contributed by atoms with van der Waals surface area (Å²) in [6.45, 7) is 0. The van der Waals surface area contributed by atoms with Gasteiger partial charge in [-0.05, 0) is 106 Å². The lowest BCUT2D eigenvalue weighted by molar-refractivity contribution is 0.575. The summed E-state index contributed by atoms with van der Waals surface area (Å²) in [6.07, 6.45) is 6.77. The molecule has 0 N–H and O–H groups in total. The quantitative estimate of drug-likeness (QED) is 0.170. The van der Waals surface area contributed by atoms with Gasteiger partial charge in [-0.1, -0.05) is 149 Å². The van der Waals surface area contributed by atoms with E-state index in [9.17, 15) is 0 Å². The lowest BCUT2D eigenvalue weighted by atomic mass is 9.49. The van der Waals surface area contributed by atoms with E-state index in [1.807, 2.05) is 0 Å². The molecule has 0 aromatic heterocycles. The number of rotatable bonds is 4. The van der Waals surface area contributed by atoms with Gasteiger partial charge in [0.25, 0.3) is 0 Å². The molecule has 0 heterocycles. The van der Waals surface area contributed by atoms with Crippen molar-refractivity contribution in [3.05, 3.63) is 196 Å². The topological polar surface area (TPSA) is 0 Å². The first-order chi connectivity index (χ1) is 20.5. The monoisotopic (exact) mass is 798 g/mol. The maximum absolute atomic E-state index is 3.71. The largest absolute Gasteiger partial charge is 0.0839 e. The molecule has 0 bridgehead atoms. The summed E-state index contributed by atoms with van der Waals surface area (Å²) >= 11 is 14.8. The average Bonchev–Trinajstić information content (AvgIpc) is 3.02. The van der Waals surface area contributed by atoms with E-state index >= 15 is 0 Å². The van der Waals surface area contributed by atoms with E-state index in [0.717, 1.165) is 30.7 Å². The first-order valence-electron chi connectivity index (χ1n) is 14.0. The van der Waals surface area contributed by atoms with Crippen molar-refractivity contribution in [1.29, 1.82) is 0 Å². The summed E-state index contributed by atoms with van der Waals surface area (Å²) in [6, 6.07) is 45.0. The smallest absolute Gasteiger partial charge is 0.0704 e. The molecule has 2 aliphatic rings. The third kappa shape index (κ3) is 4.32. The van der Waals surface area contributed by atoms with Crippen molar-refractivity contribution in [2.45, 2.75) is 23.7 Å². The summed E-state index contributed by atoms with van der Waals surface area (Å²) in [4.78, 5) is 0. The van der Waals surface area contributed by atoms with Gasteiger partial charge in [0, 0.05) is 17.9 Å². The van der Waals surface area contributed by atoms with Crippen LogP contribution in [0.2, 0.25) is 0 Å². The highest BCUT2D eigenvalue weighted by Gasteiger charge is 2.54. The first kappa shape index (κ1) is 28.3. The molecule has 4 heteroatoms. The number of halogens is 4. The summed E-state index contributed by atoms with van der Waals surface area (Å²) in [5.74, 6) is 0. The highest BCUT2D eigenvalue weighted by Crippen LogP contribution is 2.62. The average molecular weight is 802 g/mol. The van der Waals surface area contributed by atoms with Gasteiger partial charge < -0.3 is 0 Å². The molecule has 0 aliphatic heterocycles. The molecular weight excluding hydrogens is 776 g/mol. The molecule has 0 atom stereocenters. The summed E-state index contributed by atoms with van der Waals surface area (Å²) in [7, 11) is 0. The second kappa shape index (κ2) is 11.2. The maximum Gasteiger partial charge on any atom is 0.0704 e. The van der Waals surface area contributed by atoms with E-state index in [1.54, 1.807) is 0 Å². The van der Waals surface area contributed by atoms with Crippen LogP contribution in [-0.4, -0.2) is 0 Å². The summed E-state index contributed by atoms with van der Waals surface area (Å²) < 4.78 is 4.32. The molecule has 0 nitrogen and oxygen atoms in total. The van der Waals surface area contributed by atoms with Crippen LogP contribution in [0.25, 0.3) is 0 Å².